The first-order valence-electron chi connectivity index (χ1n) is 32.1. The van der Waals surface area contributed by atoms with Crippen LogP contribution in [-0.2, 0) is 6.18 Å². The van der Waals surface area contributed by atoms with Crippen LogP contribution in [-0.4, -0.2) is 18.3 Å². The molecule has 0 fully saturated rings. The fraction of sp³-hybridized carbons (Fsp3) is 0.116. The van der Waals surface area contributed by atoms with Crippen molar-refractivity contribution in [2.45, 2.75) is 68.5 Å². The minimum atomic E-state index is -4.75. The van der Waals surface area contributed by atoms with Crippen LogP contribution in [0, 0.1) is 103 Å². The maximum absolute atomic E-state index is 15.0. The highest BCUT2D eigenvalue weighted by molar-refractivity contribution is 6.14. The van der Waals surface area contributed by atoms with Gasteiger partial charge >= 0.3 is 6.18 Å². The predicted molar refractivity (Wildman–Crippen MR) is 389 cm³/mol. The van der Waals surface area contributed by atoms with E-state index < -0.39 is 11.7 Å². The SMILES string of the molecule is Cc1ccc(-c2cc(-n3c4cc(C)ccc4c4ccc(C)cc43)c(C#N)cc2-n2c3cc(C)ccc3c3ccc(C)cc32)c(C#N)c1.[C-]#[N+]c1ccc(-c2cc(-n3c4cc(C)ccc4c4ccc(C)cc43)c(C#N)cc2-n2c3cc(C)ccc3c3ccc(C)cc32)c(C(F)(F)F)c1. The predicted octanol–water partition coefficient (Wildman–Crippen LogP) is 23.1. The van der Waals surface area contributed by atoms with Gasteiger partial charge in [0.1, 0.15) is 12.1 Å². The number of aryl methyl sites for hydroxylation is 9. The molecule has 0 aliphatic carbocycles. The monoisotopic (exact) mass is 1260 g/mol. The number of halogens is 3. The van der Waals surface area contributed by atoms with E-state index in [1.807, 2.05) is 135 Å². The Morgan fingerprint density at radius 3 is 0.825 bits per heavy atom. The maximum atomic E-state index is 15.0. The highest BCUT2D eigenvalue weighted by Crippen LogP contribution is 2.47. The second-order valence-electron chi connectivity index (χ2n) is 26.0. The molecule has 11 heteroatoms. The summed E-state index contributed by atoms with van der Waals surface area (Å²) in [7, 11) is 0. The number of nitriles is 3. The fourth-order valence-corrected chi connectivity index (χ4v) is 14.6. The number of nitrogens with zero attached hydrogens (tertiary/aromatic N) is 8. The molecule has 466 valence electrons. The first-order valence-corrected chi connectivity index (χ1v) is 32.1. The number of benzene rings is 12. The molecule has 0 aliphatic heterocycles. The third-order valence-corrected chi connectivity index (χ3v) is 19.1. The summed E-state index contributed by atoms with van der Waals surface area (Å²) < 4.78 is 53.5. The molecule has 16 aromatic rings. The average Bonchev–Trinajstić information content (AvgIpc) is 1.61. The normalized spacial score (nSPS) is 11.7. The number of aromatic nitrogens is 4. The Bertz CT molecular complexity index is 6050. The van der Waals surface area contributed by atoms with Crippen LogP contribution in [0.3, 0.4) is 0 Å². The van der Waals surface area contributed by atoms with E-state index in [0.717, 1.165) is 166 Å². The van der Waals surface area contributed by atoms with Crippen LogP contribution in [0.2, 0.25) is 0 Å². The highest BCUT2D eigenvalue weighted by Gasteiger charge is 2.36. The lowest BCUT2D eigenvalue weighted by Crippen LogP contribution is -2.09. The van der Waals surface area contributed by atoms with Gasteiger partial charge in [-0.2, -0.15) is 29.0 Å². The quantitative estimate of drug-likeness (QED) is 0.155. The average molecular weight is 1260 g/mol. The molecule has 0 bridgehead atoms. The molecule has 4 heterocycles. The summed E-state index contributed by atoms with van der Waals surface area (Å²) in [4.78, 5) is 3.32. The lowest BCUT2D eigenvalue weighted by atomic mass is 9.94. The first kappa shape index (κ1) is 60.8. The van der Waals surface area contributed by atoms with Crippen molar-refractivity contribution in [3.8, 4) is 63.2 Å². The lowest BCUT2D eigenvalue weighted by molar-refractivity contribution is -0.137. The van der Waals surface area contributed by atoms with Crippen molar-refractivity contribution in [1.29, 1.82) is 15.8 Å². The summed E-state index contributed by atoms with van der Waals surface area (Å²) in [5.74, 6) is 0. The molecule has 97 heavy (non-hydrogen) atoms. The Labute approximate surface area is 558 Å². The molecule has 0 radical (unpaired) electrons. The molecule has 0 saturated heterocycles. The lowest BCUT2D eigenvalue weighted by Gasteiger charge is -2.21. The summed E-state index contributed by atoms with van der Waals surface area (Å²) in [5.41, 5.74) is 22.2. The Morgan fingerprint density at radius 2 is 0.546 bits per heavy atom. The molecule has 0 atom stereocenters. The van der Waals surface area contributed by atoms with Gasteiger partial charge in [-0.25, -0.2) is 4.85 Å². The second-order valence-corrected chi connectivity index (χ2v) is 26.0. The molecule has 8 nitrogen and oxygen atoms in total. The first-order chi connectivity index (χ1) is 46.7. The summed E-state index contributed by atoms with van der Waals surface area (Å²) in [6.45, 7) is 25.9. The summed E-state index contributed by atoms with van der Waals surface area (Å²) in [6.07, 6.45) is -4.75. The maximum Gasteiger partial charge on any atom is 0.415 e. The van der Waals surface area contributed by atoms with E-state index in [-0.39, 0.29) is 11.3 Å². The van der Waals surface area contributed by atoms with Crippen molar-refractivity contribution in [2.24, 2.45) is 0 Å². The third kappa shape index (κ3) is 10.0. The molecule has 0 unspecified atom stereocenters. The van der Waals surface area contributed by atoms with Gasteiger partial charge < -0.3 is 18.3 Å². The molecule has 4 aromatic heterocycles. The molecule has 0 N–H and O–H groups in total. The van der Waals surface area contributed by atoms with Gasteiger partial charge in [0.05, 0.1) is 102 Å². The van der Waals surface area contributed by atoms with E-state index >= 15 is 0 Å². The van der Waals surface area contributed by atoms with Crippen molar-refractivity contribution in [3.05, 3.63) is 290 Å². The largest absolute Gasteiger partial charge is 0.415 e. The number of hydrogen-bond donors (Lipinski definition) is 0. The number of alkyl halides is 3. The summed E-state index contributed by atoms with van der Waals surface area (Å²) >= 11 is 0. The molecule has 0 spiro atoms. The van der Waals surface area contributed by atoms with Crippen molar-refractivity contribution >= 4 is 92.9 Å². The van der Waals surface area contributed by atoms with Crippen LogP contribution >= 0.6 is 0 Å². The molecular weight excluding hydrogens is 1200 g/mol. The third-order valence-electron chi connectivity index (χ3n) is 19.1. The zero-order valence-electron chi connectivity index (χ0n) is 54.8. The molecule has 0 amide bonds. The number of hydrogen-bond acceptors (Lipinski definition) is 3. The van der Waals surface area contributed by atoms with Gasteiger partial charge in [-0.15, -0.1) is 0 Å². The van der Waals surface area contributed by atoms with Crippen molar-refractivity contribution in [3.63, 3.8) is 0 Å². The Hall–Kier alpha value is -12.4. The van der Waals surface area contributed by atoms with Gasteiger partial charge in [-0.1, -0.05) is 121 Å². The second kappa shape index (κ2) is 23.0. The van der Waals surface area contributed by atoms with Crippen LogP contribution < -0.4 is 0 Å². The van der Waals surface area contributed by atoms with Crippen molar-refractivity contribution < 1.29 is 13.2 Å². The zero-order valence-corrected chi connectivity index (χ0v) is 54.8. The Balaban J connectivity index is 0.000000159. The van der Waals surface area contributed by atoms with E-state index in [2.05, 4.69) is 145 Å². The van der Waals surface area contributed by atoms with Crippen LogP contribution in [0.1, 0.15) is 72.3 Å². The van der Waals surface area contributed by atoms with Crippen LogP contribution in [0.25, 0.3) is 137 Å². The van der Waals surface area contributed by atoms with Gasteiger partial charge in [0.15, 0.2) is 5.69 Å². The van der Waals surface area contributed by atoms with Gasteiger partial charge in [0.2, 0.25) is 0 Å². The van der Waals surface area contributed by atoms with E-state index in [1.165, 1.54) is 12.1 Å². The van der Waals surface area contributed by atoms with Crippen LogP contribution in [0.4, 0.5) is 18.9 Å². The van der Waals surface area contributed by atoms with E-state index in [0.29, 0.717) is 33.6 Å². The van der Waals surface area contributed by atoms with E-state index in [9.17, 15) is 29.0 Å². The Morgan fingerprint density at radius 1 is 0.289 bits per heavy atom. The van der Waals surface area contributed by atoms with Gasteiger partial charge in [-0.05, 0) is 203 Å². The molecular formula is C86H61F3N8. The Kier molecular flexibility index (Phi) is 14.4. The minimum absolute atomic E-state index is 0.0749. The number of rotatable bonds is 6. The minimum Gasteiger partial charge on any atom is -0.309 e. The summed E-state index contributed by atoms with van der Waals surface area (Å²) in [5, 5.41) is 40.6. The van der Waals surface area contributed by atoms with Gasteiger partial charge in [-0.3, -0.25) is 0 Å². The number of fused-ring (bicyclic) bond motifs is 12. The molecule has 0 aliphatic rings. The zero-order chi connectivity index (χ0) is 67.6. The molecule has 0 saturated carbocycles. The smallest absolute Gasteiger partial charge is 0.309 e. The molecule has 12 aromatic carbocycles. The highest BCUT2D eigenvalue weighted by atomic mass is 19.4. The van der Waals surface area contributed by atoms with Crippen LogP contribution in [0.5, 0.6) is 0 Å². The van der Waals surface area contributed by atoms with Crippen LogP contribution in [0.15, 0.2) is 206 Å². The van der Waals surface area contributed by atoms with E-state index in [1.54, 1.807) is 12.1 Å². The molecule has 16 rings (SSSR count). The van der Waals surface area contributed by atoms with Gasteiger partial charge in [0, 0.05) is 59.8 Å². The van der Waals surface area contributed by atoms with Gasteiger partial charge in [0.25, 0.3) is 0 Å². The summed E-state index contributed by atoms with van der Waals surface area (Å²) in [6, 6.07) is 75.4. The van der Waals surface area contributed by atoms with Crippen molar-refractivity contribution in [2.75, 3.05) is 0 Å². The van der Waals surface area contributed by atoms with E-state index in [4.69, 9.17) is 6.57 Å². The standard InChI is InChI=1S/C43H29F3N4.C43H32N4/c1-24-6-11-31-32-12-7-25(2)17-39(32)49(38(31)16-24)37-22-35(30-15-10-29(48-5)21-36(30)43(44,45)46)42(20-28(37)23-47)50-40-18-26(3)8-13-33(40)34-14-9-27(4)19-41(34)50;1-25-6-11-32(30(16-25)23-44)37-22-38(46-39-17-26(2)7-12-33(39)34-13-8-27(3)18-40(34)46)31(24-45)21-43(37)47-41-19-28(4)9-14-35(41)36-15-10-29(5)20-42(36)47/h6-22H,1-4H3;6-22H,1-5H3. The van der Waals surface area contributed by atoms with Crippen molar-refractivity contribution in [1.82, 2.24) is 18.3 Å². The topological polar surface area (TPSA) is 95.4 Å². The fourth-order valence-electron chi connectivity index (χ4n) is 14.6.